The minimum atomic E-state index is -0.615. The molecule has 10 heteroatoms. The standard InChI is InChI=1S/C28H32FN5O4/c29-24-11-10-19(18-25-21-7-1-2-8-22(21)27(37)32-31-25)17-23(24)28(38)34-15-13-33(14-16-34)26(36)9-3-5-20(35)6-4-12-30/h1-2,7-8,10-11,17H,3-6,9,12-16,18,30H2,(H,32,37). The number of fused-ring (bicyclic) bond motifs is 1. The van der Waals surface area contributed by atoms with E-state index in [4.69, 9.17) is 5.73 Å². The summed E-state index contributed by atoms with van der Waals surface area (Å²) in [6.45, 7) is 1.80. The minimum Gasteiger partial charge on any atom is -0.339 e. The molecule has 1 aromatic heterocycles. The fourth-order valence-electron chi connectivity index (χ4n) is 4.69. The number of hydrogen-bond acceptors (Lipinski definition) is 6. The maximum absolute atomic E-state index is 14.7. The van der Waals surface area contributed by atoms with Crippen LogP contribution >= 0.6 is 0 Å². The van der Waals surface area contributed by atoms with Gasteiger partial charge in [-0.3, -0.25) is 19.2 Å². The maximum Gasteiger partial charge on any atom is 0.272 e. The number of Topliss-reactive ketones (excluding diaryl/α,β-unsaturated/α-hetero) is 1. The van der Waals surface area contributed by atoms with Gasteiger partial charge in [-0.15, -0.1) is 0 Å². The molecule has 2 amide bonds. The lowest BCUT2D eigenvalue weighted by Crippen LogP contribution is -2.50. The van der Waals surface area contributed by atoms with Crippen LogP contribution in [0.2, 0.25) is 0 Å². The minimum absolute atomic E-state index is 0.0352. The molecule has 200 valence electrons. The highest BCUT2D eigenvalue weighted by Gasteiger charge is 2.26. The van der Waals surface area contributed by atoms with Crippen LogP contribution in [0.3, 0.4) is 0 Å². The second-order valence-corrected chi connectivity index (χ2v) is 9.49. The van der Waals surface area contributed by atoms with Crippen LogP contribution in [-0.2, 0) is 16.0 Å². The number of amides is 2. The number of benzene rings is 2. The van der Waals surface area contributed by atoms with Crippen molar-refractivity contribution in [1.29, 1.82) is 0 Å². The summed E-state index contributed by atoms with van der Waals surface area (Å²) in [6.07, 6.45) is 2.57. The molecule has 0 aliphatic carbocycles. The number of rotatable bonds is 10. The van der Waals surface area contributed by atoms with Crippen molar-refractivity contribution in [3.63, 3.8) is 0 Å². The summed E-state index contributed by atoms with van der Waals surface area (Å²) in [6, 6.07) is 11.5. The van der Waals surface area contributed by atoms with Gasteiger partial charge in [-0.05, 0) is 43.1 Å². The number of halogens is 1. The third kappa shape index (κ3) is 6.49. The molecule has 0 spiro atoms. The number of hydrogen-bond donors (Lipinski definition) is 2. The highest BCUT2D eigenvalue weighted by molar-refractivity contribution is 5.95. The third-order valence-electron chi connectivity index (χ3n) is 6.83. The molecule has 4 rings (SSSR count). The Kier molecular flexibility index (Phi) is 8.96. The van der Waals surface area contributed by atoms with Gasteiger partial charge in [-0.2, -0.15) is 5.10 Å². The van der Waals surface area contributed by atoms with E-state index in [1.807, 2.05) is 12.1 Å². The lowest BCUT2D eigenvalue weighted by molar-refractivity contribution is -0.132. The molecule has 3 aromatic rings. The summed E-state index contributed by atoms with van der Waals surface area (Å²) in [5, 5.41) is 7.88. The van der Waals surface area contributed by atoms with Crippen LogP contribution in [0.25, 0.3) is 10.8 Å². The number of carbonyl (C=O) groups excluding carboxylic acids is 3. The molecule has 3 N–H and O–H groups in total. The first kappa shape index (κ1) is 27.1. The predicted octanol–water partition coefficient (Wildman–Crippen LogP) is 2.42. The van der Waals surface area contributed by atoms with Crippen molar-refractivity contribution in [3.8, 4) is 0 Å². The number of carbonyl (C=O) groups is 3. The zero-order chi connectivity index (χ0) is 27.1. The zero-order valence-electron chi connectivity index (χ0n) is 21.2. The SMILES string of the molecule is NCCCC(=O)CCCC(=O)N1CCN(C(=O)c2cc(Cc3n[nH]c(=O)c4ccccc34)ccc2F)CC1. The fraction of sp³-hybridized carbons (Fsp3) is 0.393. The highest BCUT2D eigenvalue weighted by atomic mass is 19.1. The Morgan fingerprint density at radius 2 is 1.61 bits per heavy atom. The summed E-state index contributed by atoms with van der Waals surface area (Å²) in [4.78, 5) is 52.8. The van der Waals surface area contributed by atoms with E-state index in [9.17, 15) is 23.6 Å². The fourth-order valence-corrected chi connectivity index (χ4v) is 4.69. The average Bonchev–Trinajstić information content (AvgIpc) is 2.94. The molecule has 0 unspecified atom stereocenters. The summed E-state index contributed by atoms with van der Waals surface area (Å²) in [7, 11) is 0. The van der Waals surface area contributed by atoms with Crippen molar-refractivity contribution < 1.29 is 18.8 Å². The predicted molar refractivity (Wildman–Crippen MR) is 141 cm³/mol. The zero-order valence-corrected chi connectivity index (χ0v) is 21.2. The average molecular weight is 522 g/mol. The Hall–Kier alpha value is -3.92. The Morgan fingerprint density at radius 3 is 2.34 bits per heavy atom. The van der Waals surface area contributed by atoms with Crippen molar-refractivity contribution in [3.05, 3.63) is 75.5 Å². The Labute approximate surface area is 219 Å². The van der Waals surface area contributed by atoms with E-state index in [1.54, 1.807) is 28.0 Å². The molecule has 1 aliphatic rings. The molecule has 0 saturated carbocycles. The molecular weight excluding hydrogens is 489 g/mol. The number of nitrogens with two attached hydrogens (primary N) is 1. The Bertz CT molecular complexity index is 1380. The summed E-state index contributed by atoms with van der Waals surface area (Å²) in [5.74, 6) is -0.970. The van der Waals surface area contributed by atoms with E-state index in [0.29, 0.717) is 86.9 Å². The second-order valence-electron chi connectivity index (χ2n) is 9.49. The molecule has 1 saturated heterocycles. The molecule has 1 fully saturated rings. The topological polar surface area (TPSA) is 129 Å². The largest absolute Gasteiger partial charge is 0.339 e. The van der Waals surface area contributed by atoms with Gasteiger partial charge in [0.25, 0.3) is 11.5 Å². The molecular formula is C28H32FN5O4. The number of piperazine rings is 1. The van der Waals surface area contributed by atoms with Gasteiger partial charge in [-0.1, -0.05) is 24.3 Å². The number of H-pyrrole nitrogens is 1. The molecule has 0 atom stereocenters. The number of nitrogens with one attached hydrogen (secondary N) is 1. The van der Waals surface area contributed by atoms with Gasteiger partial charge < -0.3 is 15.5 Å². The molecule has 1 aliphatic heterocycles. The van der Waals surface area contributed by atoms with E-state index >= 15 is 0 Å². The van der Waals surface area contributed by atoms with E-state index < -0.39 is 11.7 Å². The number of aromatic nitrogens is 2. The van der Waals surface area contributed by atoms with Gasteiger partial charge in [0.15, 0.2) is 0 Å². The van der Waals surface area contributed by atoms with Crippen LogP contribution in [-0.4, -0.2) is 70.3 Å². The first-order chi connectivity index (χ1) is 18.4. The normalized spacial score (nSPS) is 13.6. The number of aromatic amines is 1. The van der Waals surface area contributed by atoms with Gasteiger partial charge >= 0.3 is 0 Å². The van der Waals surface area contributed by atoms with Gasteiger partial charge in [0.05, 0.1) is 16.6 Å². The molecule has 2 aromatic carbocycles. The second kappa shape index (κ2) is 12.6. The van der Waals surface area contributed by atoms with Gasteiger partial charge in [0, 0.05) is 57.2 Å². The van der Waals surface area contributed by atoms with Gasteiger partial charge in [0.1, 0.15) is 11.6 Å². The quantitative estimate of drug-likeness (QED) is 0.422. The monoisotopic (exact) mass is 521 g/mol. The number of ketones is 1. The van der Waals surface area contributed by atoms with Crippen molar-refractivity contribution in [2.75, 3.05) is 32.7 Å². The van der Waals surface area contributed by atoms with Crippen molar-refractivity contribution in [1.82, 2.24) is 20.0 Å². The van der Waals surface area contributed by atoms with Crippen LogP contribution in [0.4, 0.5) is 4.39 Å². The van der Waals surface area contributed by atoms with Gasteiger partial charge in [0.2, 0.25) is 5.91 Å². The maximum atomic E-state index is 14.7. The van der Waals surface area contributed by atoms with Crippen molar-refractivity contribution in [2.45, 2.75) is 38.5 Å². The van der Waals surface area contributed by atoms with Crippen LogP contribution in [0.5, 0.6) is 0 Å². The summed E-state index contributed by atoms with van der Waals surface area (Å²) < 4.78 is 14.7. The van der Waals surface area contributed by atoms with Crippen molar-refractivity contribution >= 4 is 28.4 Å². The van der Waals surface area contributed by atoms with E-state index in [2.05, 4.69) is 10.2 Å². The highest BCUT2D eigenvalue weighted by Crippen LogP contribution is 2.20. The van der Waals surface area contributed by atoms with E-state index in [1.165, 1.54) is 12.1 Å². The third-order valence-corrected chi connectivity index (χ3v) is 6.83. The number of nitrogens with zero attached hydrogens (tertiary/aromatic N) is 3. The molecule has 0 bridgehead atoms. The van der Waals surface area contributed by atoms with Crippen LogP contribution < -0.4 is 11.3 Å². The van der Waals surface area contributed by atoms with E-state index in [0.717, 1.165) is 0 Å². The lowest BCUT2D eigenvalue weighted by atomic mass is 10.0. The summed E-state index contributed by atoms with van der Waals surface area (Å²) >= 11 is 0. The van der Waals surface area contributed by atoms with Crippen molar-refractivity contribution in [2.24, 2.45) is 5.73 Å². The molecule has 9 nitrogen and oxygen atoms in total. The summed E-state index contributed by atoms with van der Waals surface area (Å²) in [5.41, 5.74) is 6.41. The first-order valence-electron chi connectivity index (χ1n) is 12.9. The molecule has 2 heterocycles. The first-order valence-corrected chi connectivity index (χ1v) is 12.9. The van der Waals surface area contributed by atoms with Gasteiger partial charge in [-0.25, -0.2) is 9.49 Å². The Balaban J connectivity index is 1.36. The van der Waals surface area contributed by atoms with Crippen LogP contribution in [0.15, 0.2) is 47.3 Å². The van der Waals surface area contributed by atoms with Crippen LogP contribution in [0, 0.1) is 5.82 Å². The smallest absolute Gasteiger partial charge is 0.272 e. The Morgan fingerprint density at radius 1 is 0.921 bits per heavy atom. The molecule has 38 heavy (non-hydrogen) atoms. The van der Waals surface area contributed by atoms with E-state index in [-0.39, 0.29) is 29.2 Å². The lowest BCUT2D eigenvalue weighted by Gasteiger charge is -2.35. The van der Waals surface area contributed by atoms with Crippen LogP contribution in [0.1, 0.15) is 53.7 Å². The molecule has 0 radical (unpaired) electrons.